The van der Waals surface area contributed by atoms with E-state index in [1.54, 1.807) is 31.3 Å². The first-order chi connectivity index (χ1) is 7.54. The first-order valence-electron chi connectivity index (χ1n) is 4.50. The Kier molecular flexibility index (Phi) is 3.66. The number of carboxylic acid groups (broad SMARTS) is 2. The molecule has 0 spiro atoms. The van der Waals surface area contributed by atoms with Crippen LogP contribution >= 0.6 is 0 Å². The summed E-state index contributed by atoms with van der Waals surface area (Å²) < 4.78 is 0. The lowest BCUT2D eigenvalue weighted by Gasteiger charge is -2.00. The van der Waals surface area contributed by atoms with Crippen LogP contribution < -0.4 is 5.32 Å². The van der Waals surface area contributed by atoms with Crippen molar-refractivity contribution in [3.8, 4) is 0 Å². The lowest BCUT2D eigenvalue weighted by molar-refractivity contribution is -0.139. The summed E-state index contributed by atoms with van der Waals surface area (Å²) in [7, 11) is 1.75. The number of carbonyl (C=O) groups is 2. The molecule has 0 saturated carbocycles. The predicted octanol–water partition coefficient (Wildman–Crippen LogP) is 1.28. The van der Waals surface area contributed by atoms with E-state index in [1.165, 1.54) is 0 Å². The van der Waals surface area contributed by atoms with Gasteiger partial charge in [0.15, 0.2) is 0 Å². The maximum absolute atomic E-state index is 10.6. The lowest BCUT2D eigenvalue weighted by atomic mass is 10.1. The van der Waals surface area contributed by atoms with E-state index >= 15 is 0 Å². The van der Waals surface area contributed by atoms with Crippen LogP contribution in [0.5, 0.6) is 0 Å². The molecule has 0 bridgehead atoms. The van der Waals surface area contributed by atoms with Crippen molar-refractivity contribution in [2.45, 2.75) is 0 Å². The minimum atomic E-state index is -1.45. The van der Waals surface area contributed by atoms with Crippen LogP contribution in [0.4, 0.5) is 5.69 Å². The summed E-state index contributed by atoms with van der Waals surface area (Å²) in [6, 6.07) is 6.73. The molecule has 0 heterocycles. The highest BCUT2D eigenvalue weighted by atomic mass is 16.4. The summed E-state index contributed by atoms with van der Waals surface area (Å²) >= 11 is 0. The fourth-order valence-corrected chi connectivity index (χ4v) is 1.13. The average Bonchev–Trinajstić information content (AvgIpc) is 2.25. The SMILES string of the molecule is CNc1ccc(C=C(C(=O)O)C(=O)O)cc1. The largest absolute Gasteiger partial charge is 0.477 e. The second kappa shape index (κ2) is 4.97. The average molecular weight is 221 g/mol. The molecule has 84 valence electrons. The third-order valence-electron chi connectivity index (χ3n) is 1.97. The fourth-order valence-electron chi connectivity index (χ4n) is 1.13. The lowest BCUT2D eigenvalue weighted by Crippen LogP contribution is -2.10. The quantitative estimate of drug-likeness (QED) is 0.405. The van der Waals surface area contributed by atoms with Gasteiger partial charge in [-0.2, -0.15) is 0 Å². The maximum atomic E-state index is 10.6. The van der Waals surface area contributed by atoms with Crippen molar-refractivity contribution in [1.29, 1.82) is 0 Å². The molecular weight excluding hydrogens is 210 g/mol. The van der Waals surface area contributed by atoms with Gasteiger partial charge in [-0.15, -0.1) is 0 Å². The molecule has 0 saturated heterocycles. The van der Waals surface area contributed by atoms with Gasteiger partial charge in [0.05, 0.1) is 0 Å². The molecule has 1 aromatic rings. The van der Waals surface area contributed by atoms with Gasteiger partial charge in [0.1, 0.15) is 5.57 Å². The third-order valence-corrected chi connectivity index (χ3v) is 1.97. The Hall–Kier alpha value is -2.30. The minimum absolute atomic E-state index is 0.527. The molecule has 0 aliphatic carbocycles. The number of anilines is 1. The summed E-state index contributed by atoms with van der Waals surface area (Å²) in [5.41, 5.74) is 0.736. The van der Waals surface area contributed by atoms with Crippen LogP contribution in [-0.2, 0) is 9.59 Å². The smallest absolute Gasteiger partial charge is 0.343 e. The van der Waals surface area contributed by atoms with Gasteiger partial charge in [-0.1, -0.05) is 12.1 Å². The van der Waals surface area contributed by atoms with E-state index in [1.807, 2.05) is 0 Å². The van der Waals surface area contributed by atoms with Crippen molar-refractivity contribution >= 4 is 23.7 Å². The summed E-state index contributed by atoms with van der Waals surface area (Å²) in [4.78, 5) is 21.2. The van der Waals surface area contributed by atoms with E-state index in [0.717, 1.165) is 11.8 Å². The molecule has 0 fully saturated rings. The Balaban J connectivity index is 3.04. The van der Waals surface area contributed by atoms with E-state index in [4.69, 9.17) is 10.2 Å². The zero-order chi connectivity index (χ0) is 12.1. The highest BCUT2D eigenvalue weighted by molar-refractivity contribution is 6.16. The van der Waals surface area contributed by atoms with Gasteiger partial charge >= 0.3 is 11.9 Å². The molecule has 0 amide bonds. The number of hydrogen-bond acceptors (Lipinski definition) is 3. The Bertz CT molecular complexity index is 418. The van der Waals surface area contributed by atoms with Gasteiger partial charge in [0.25, 0.3) is 0 Å². The number of aliphatic carboxylic acids is 2. The van der Waals surface area contributed by atoms with Crippen molar-refractivity contribution in [3.05, 3.63) is 35.4 Å². The highest BCUT2D eigenvalue weighted by Gasteiger charge is 2.15. The molecule has 16 heavy (non-hydrogen) atoms. The topological polar surface area (TPSA) is 86.6 Å². The highest BCUT2D eigenvalue weighted by Crippen LogP contribution is 2.12. The molecule has 0 aliphatic rings. The molecule has 5 heteroatoms. The van der Waals surface area contributed by atoms with Gasteiger partial charge in [-0.05, 0) is 23.8 Å². The molecule has 0 aromatic heterocycles. The second-order valence-corrected chi connectivity index (χ2v) is 3.04. The van der Waals surface area contributed by atoms with E-state index in [0.29, 0.717) is 5.56 Å². The summed E-state index contributed by atoms with van der Waals surface area (Å²) in [6.45, 7) is 0. The van der Waals surface area contributed by atoms with Crippen molar-refractivity contribution in [2.24, 2.45) is 0 Å². The molecule has 0 radical (unpaired) electrons. The van der Waals surface area contributed by atoms with Gasteiger partial charge in [-0.3, -0.25) is 0 Å². The Morgan fingerprint density at radius 1 is 1.12 bits per heavy atom. The maximum Gasteiger partial charge on any atom is 0.343 e. The third kappa shape index (κ3) is 2.84. The second-order valence-electron chi connectivity index (χ2n) is 3.04. The zero-order valence-corrected chi connectivity index (χ0v) is 8.60. The van der Waals surface area contributed by atoms with Gasteiger partial charge < -0.3 is 15.5 Å². The fraction of sp³-hybridized carbons (Fsp3) is 0.0909. The molecule has 0 unspecified atom stereocenters. The van der Waals surface area contributed by atoms with Crippen LogP contribution in [0, 0.1) is 0 Å². The van der Waals surface area contributed by atoms with Crippen LogP contribution in [-0.4, -0.2) is 29.2 Å². The van der Waals surface area contributed by atoms with E-state index in [-0.39, 0.29) is 0 Å². The Morgan fingerprint density at radius 2 is 1.62 bits per heavy atom. The molecule has 3 N–H and O–H groups in total. The van der Waals surface area contributed by atoms with Crippen LogP contribution in [0.1, 0.15) is 5.56 Å². The van der Waals surface area contributed by atoms with Crippen LogP contribution in [0.15, 0.2) is 29.8 Å². The van der Waals surface area contributed by atoms with E-state index < -0.39 is 17.5 Å². The van der Waals surface area contributed by atoms with Crippen molar-refractivity contribution in [2.75, 3.05) is 12.4 Å². The first kappa shape index (κ1) is 11.8. The van der Waals surface area contributed by atoms with Gasteiger partial charge in [0, 0.05) is 12.7 Å². The molecule has 5 nitrogen and oxygen atoms in total. The van der Waals surface area contributed by atoms with Gasteiger partial charge in [-0.25, -0.2) is 9.59 Å². The normalized spacial score (nSPS) is 9.31. The first-order valence-corrected chi connectivity index (χ1v) is 4.50. The van der Waals surface area contributed by atoms with E-state index in [9.17, 15) is 9.59 Å². The summed E-state index contributed by atoms with van der Waals surface area (Å²) in [5, 5.41) is 20.2. The molecule has 0 aliphatic heterocycles. The van der Waals surface area contributed by atoms with Crippen LogP contribution in [0.25, 0.3) is 6.08 Å². The van der Waals surface area contributed by atoms with Crippen molar-refractivity contribution < 1.29 is 19.8 Å². The number of hydrogen-bond donors (Lipinski definition) is 3. The Labute approximate surface area is 92.0 Å². The van der Waals surface area contributed by atoms with Crippen LogP contribution in [0.3, 0.4) is 0 Å². The molecule has 1 aromatic carbocycles. The zero-order valence-electron chi connectivity index (χ0n) is 8.60. The van der Waals surface area contributed by atoms with Crippen molar-refractivity contribution in [1.82, 2.24) is 0 Å². The Morgan fingerprint density at radius 3 is 2.00 bits per heavy atom. The number of carboxylic acids is 2. The molecule has 0 atom stereocenters. The van der Waals surface area contributed by atoms with E-state index in [2.05, 4.69) is 5.32 Å². The van der Waals surface area contributed by atoms with Crippen molar-refractivity contribution in [3.63, 3.8) is 0 Å². The number of benzene rings is 1. The summed E-state index contributed by atoms with van der Waals surface area (Å²) in [5.74, 6) is -2.91. The van der Waals surface area contributed by atoms with Gasteiger partial charge in [0.2, 0.25) is 0 Å². The minimum Gasteiger partial charge on any atom is -0.477 e. The molecular formula is C11H11NO4. The molecule has 1 rings (SSSR count). The monoisotopic (exact) mass is 221 g/mol. The predicted molar refractivity (Wildman–Crippen MR) is 59.2 cm³/mol. The number of nitrogens with one attached hydrogen (secondary N) is 1. The number of rotatable bonds is 4. The standard InChI is InChI=1S/C11H11NO4/c1-12-8-4-2-7(3-5-8)6-9(10(13)14)11(15)16/h2-6,12H,1H3,(H,13,14)(H,15,16). The van der Waals surface area contributed by atoms with Crippen LogP contribution in [0.2, 0.25) is 0 Å². The summed E-state index contributed by atoms with van der Waals surface area (Å²) in [6.07, 6.45) is 1.12.